The monoisotopic (exact) mass is 228 g/mol. The van der Waals surface area contributed by atoms with E-state index in [9.17, 15) is 0 Å². The van der Waals surface area contributed by atoms with Crippen molar-refractivity contribution in [3.05, 3.63) is 24.0 Å². The van der Waals surface area contributed by atoms with E-state index in [0.29, 0.717) is 4.83 Å². The van der Waals surface area contributed by atoms with Gasteiger partial charge in [0.1, 0.15) is 0 Å². The molecule has 0 bridgehead atoms. The zero-order chi connectivity index (χ0) is 8.97. The molecule has 0 saturated carbocycles. The molecule has 3 heteroatoms. The van der Waals surface area contributed by atoms with Gasteiger partial charge in [-0.2, -0.15) is 0 Å². The number of aryl methyl sites for hydroxylation is 1. The van der Waals surface area contributed by atoms with Gasteiger partial charge in [0, 0.05) is 22.9 Å². The predicted octanol–water partition coefficient (Wildman–Crippen LogP) is 2.38. The van der Waals surface area contributed by atoms with Gasteiger partial charge in [-0.3, -0.25) is 4.98 Å². The summed E-state index contributed by atoms with van der Waals surface area (Å²) in [6.45, 7) is 2.13. The Kier molecular flexibility index (Phi) is 3.53. The number of pyridine rings is 1. The van der Waals surface area contributed by atoms with Crippen LogP contribution < -0.4 is 5.73 Å². The van der Waals surface area contributed by atoms with Gasteiger partial charge in [0.05, 0.1) is 0 Å². The maximum Gasteiger partial charge on any atom is 0.0377 e. The molecule has 12 heavy (non-hydrogen) atoms. The molecular weight excluding hydrogens is 216 g/mol. The molecule has 0 saturated heterocycles. The minimum Gasteiger partial charge on any atom is -0.398 e. The van der Waals surface area contributed by atoms with E-state index in [1.165, 1.54) is 0 Å². The van der Waals surface area contributed by atoms with Gasteiger partial charge >= 0.3 is 0 Å². The zero-order valence-electron chi connectivity index (χ0n) is 7.13. The van der Waals surface area contributed by atoms with Crippen LogP contribution in [0.15, 0.2) is 18.5 Å². The number of alkyl halides is 1. The van der Waals surface area contributed by atoms with E-state index in [0.717, 1.165) is 24.1 Å². The Bertz CT molecular complexity index is 248. The average molecular weight is 229 g/mol. The van der Waals surface area contributed by atoms with Crippen molar-refractivity contribution in [2.24, 2.45) is 0 Å². The number of hydrogen-bond donors (Lipinski definition) is 1. The molecule has 2 nitrogen and oxygen atoms in total. The lowest BCUT2D eigenvalue weighted by molar-refractivity contribution is 0.820. The maximum atomic E-state index is 5.75. The molecule has 0 aliphatic carbocycles. The SMILES string of the molecule is CC(Br)CCc1cnccc1N. The summed E-state index contributed by atoms with van der Waals surface area (Å²) in [7, 11) is 0. The Hall–Kier alpha value is -0.570. The van der Waals surface area contributed by atoms with Crippen molar-refractivity contribution in [2.75, 3.05) is 5.73 Å². The highest BCUT2D eigenvalue weighted by molar-refractivity contribution is 9.09. The molecule has 66 valence electrons. The first-order valence-corrected chi connectivity index (χ1v) is 4.94. The second-order valence-corrected chi connectivity index (χ2v) is 4.46. The van der Waals surface area contributed by atoms with Crippen molar-refractivity contribution in [3.8, 4) is 0 Å². The molecule has 1 heterocycles. The highest BCUT2D eigenvalue weighted by atomic mass is 79.9. The molecule has 0 aliphatic heterocycles. The molecule has 0 radical (unpaired) electrons. The smallest absolute Gasteiger partial charge is 0.0377 e. The maximum absolute atomic E-state index is 5.75. The molecule has 0 spiro atoms. The molecular formula is C9H13BrN2. The fourth-order valence-corrected chi connectivity index (χ4v) is 1.23. The first-order valence-electron chi connectivity index (χ1n) is 4.02. The molecule has 1 aromatic rings. The number of nitrogen functional groups attached to an aromatic ring is 1. The van der Waals surface area contributed by atoms with Crippen molar-refractivity contribution >= 4 is 21.6 Å². The largest absolute Gasteiger partial charge is 0.398 e. The molecule has 1 aromatic heterocycles. The van der Waals surface area contributed by atoms with Crippen LogP contribution in [0.1, 0.15) is 18.9 Å². The van der Waals surface area contributed by atoms with E-state index in [4.69, 9.17) is 5.73 Å². The fraction of sp³-hybridized carbons (Fsp3) is 0.444. The van der Waals surface area contributed by atoms with Gasteiger partial charge in [-0.1, -0.05) is 22.9 Å². The second kappa shape index (κ2) is 4.45. The van der Waals surface area contributed by atoms with Crippen LogP contribution in [0.5, 0.6) is 0 Å². The number of aromatic nitrogens is 1. The van der Waals surface area contributed by atoms with Crippen molar-refractivity contribution in [2.45, 2.75) is 24.6 Å². The number of halogens is 1. The number of nitrogens with zero attached hydrogens (tertiary/aromatic N) is 1. The average Bonchev–Trinajstić information content (AvgIpc) is 2.03. The second-order valence-electron chi connectivity index (χ2n) is 2.89. The lowest BCUT2D eigenvalue weighted by atomic mass is 10.1. The molecule has 1 atom stereocenters. The summed E-state index contributed by atoms with van der Waals surface area (Å²) in [6, 6.07) is 1.84. The lowest BCUT2D eigenvalue weighted by Crippen LogP contribution is -1.98. The summed E-state index contributed by atoms with van der Waals surface area (Å²) in [5, 5.41) is 0. The summed E-state index contributed by atoms with van der Waals surface area (Å²) in [5.41, 5.74) is 7.74. The molecule has 0 amide bonds. The van der Waals surface area contributed by atoms with Crippen LogP contribution in [-0.2, 0) is 6.42 Å². The van der Waals surface area contributed by atoms with Gasteiger partial charge in [0.15, 0.2) is 0 Å². The first kappa shape index (κ1) is 9.52. The predicted molar refractivity (Wildman–Crippen MR) is 55.4 cm³/mol. The lowest BCUT2D eigenvalue weighted by Gasteiger charge is -2.05. The van der Waals surface area contributed by atoms with Crippen molar-refractivity contribution in [1.29, 1.82) is 0 Å². The Balaban J connectivity index is 2.57. The quantitative estimate of drug-likeness (QED) is 0.808. The topological polar surface area (TPSA) is 38.9 Å². The van der Waals surface area contributed by atoms with E-state index in [1.54, 1.807) is 6.20 Å². The van der Waals surface area contributed by atoms with E-state index in [1.807, 2.05) is 12.3 Å². The number of anilines is 1. The summed E-state index contributed by atoms with van der Waals surface area (Å²) in [4.78, 5) is 4.57. The summed E-state index contributed by atoms with van der Waals surface area (Å²) in [5.74, 6) is 0. The van der Waals surface area contributed by atoms with Crippen LogP contribution in [-0.4, -0.2) is 9.81 Å². The molecule has 1 unspecified atom stereocenters. The molecule has 1 rings (SSSR count). The molecule has 0 fully saturated rings. The minimum absolute atomic E-state index is 0.539. The Labute approximate surface area is 81.3 Å². The van der Waals surface area contributed by atoms with Crippen LogP contribution in [0, 0.1) is 0 Å². The standard InChI is InChI=1S/C9H13BrN2/c1-7(10)2-3-8-6-12-5-4-9(8)11/h4-7H,2-3H2,1H3,(H2,11,12). The zero-order valence-corrected chi connectivity index (χ0v) is 8.71. The van der Waals surface area contributed by atoms with Crippen molar-refractivity contribution < 1.29 is 0 Å². The Morgan fingerprint density at radius 3 is 3.00 bits per heavy atom. The van der Waals surface area contributed by atoms with E-state index in [-0.39, 0.29) is 0 Å². The summed E-state index contributed by atoms with van der Waals surface area (Å²) in [6.07, 6.45) is 5.64. The van der Waals surface area contributed by atoms with Crippen molar-refractivity contribution in [3.63, 3.8) is 0 Å². The summed E-state index contributed by atoms with van der Waals surface area (Å²) < 4.78 is 0. The highest BCUT2D eigenvalue weighted by Gasteiger charge is 2.00. The van der Waals surface area contributed by atoms with Gasteiger partial charge in [-0.25, -0.2) is 0 Å². The van der Waals surface area contributed by atoms with Gasteiger partial charge in [-0.05, 0) is 24.5 Å². The number of nitrogens with two attached hydrogens (primary N) is 1. The highest BCUT2D eigenvalue weighted by Crippen LogP contribution is 2.14. The minimum atomic E-state index is 0.539. The fourth-order valence-electron chi connectivity index (χ4n) is 1.00. The van der Waals surface area contributed by atoms with Crippen LogP contribution in [0.3, 0.4) is 0 Å². The van der Waals surface area contributed by atoms with Crippen LogP contribution in [0.4, 0.5) is 5.69 Å². The molecule has 0 aliphatic rings. The first-order chi connectivity index (χ1) is 5.70. The number of rotatable bonds is 3. The van der Waals surface area contributed by atoms with Crippen LogP contribution >= 0.6 is 15.9 Å². The Morgan fingerprint density at radius 2 is 2.42 bits per heavy atom. The van der Waals surface area contributed by atoms with Gasteiger partial charge in [-0.15, -0.1) is 0 Å². The molecule has 2 N–H and O–H groups in total. The van der Waals surface area contributed by atoms with Gasteiger partial charge in [0.2, 0.25) is 0 Å². The van der Waals surface area contributed by atoms with Crippen LogP contribution in [0.25, 0.3) is 0 Å². The summed E-state index contributed by atoms with van der Waals surface area (Å²) >= 11 is 3.50. The van der Waals surface area contributed by atoms with E-state index in [2.05, 4.69) is 27.8 Å². The molecule has 0 aromatic carbocycles. The van der Waals surface area contributed by atoms with E-state index >= 15 is 0 Å². The van der Waals surface area contributed by atoms with E-state index < -0.39 is 0 Å². The Morgan fingerprint density at radius 1 is 1.67 bits per heavy atom. The number of hydrogen-bond acceptors (Lipinski definition) is 2. The third-order valence-electron chi connectivity index (χ3n) is 1.75. The third-order valence-corrected chi connectivity index (χ3v) is 2.21. The van der Waals surface area contributed by atoms with Crippen molar-refractivity contribution in [1.82, 2.24) is 4.98 Å². The third kappa shape index (κ3) is 2.81. The van der Waals surface area contributed by atoms with Crippen LogP contribution in [0.2, 0.25) is 0 Å². The van der Waals surface area contributed by atoms with Gasteiger partial charge in [0.25, 0.3) is 0 Å². The van der Waals surface area contributed by atoms with Gasteiger partial charge < -0.3 is 5.73 Å². The normalized spacial score (nSPS) is 12.8.